The van der Waals surface area contributed by atoms with Crippen molar-refractivity contribution in [3.63, 3.8) is 0 Å². The number of esters is 1. The van der Waals surface area contributed by atoms with Gasteiger partial charge in [-0.05, 0) is 61.7 Å². The number of phenols is 4. The SMILES string of the molecule is CC1OC(OC2C(OCCc3ccc(O)c(O)c3)OC(CO)C(OC(=O)/C=C/c3ccc(O)c(O)c3)C2OC2OC(C)C(O)C(O)C2O)C(O)C(O)C1O. The highest BCUT2D eigenvalue weighted by Gasteiger charge is 2.55. The van der Waals surface area contributed by atoms with Gasteiger partial charge in [0, 0.05) is 6.08 Å². The lowest BCUT2D eigenvalue weighted by Crippen LogP contribution is -2.67. The molecule has 11 N–H and O–H groups in total. The summed E-state index contributed by atoms with van der Waals surface area (Å²) in [5, 5.41) is 113. The van der Waals surface area contributed by atoms with Crippen molar-refractivity contribution in [3.8, 4) is 23.0 Å². The lowest BCUT2D eigenvalue weighted by Gasteiger charge is -2.49. The number of rotatable bonds is 12. The fourth-order valence-electron chi connectivity index (χ4n) is 6.16. The van der Waals surface area contributed by atoms with E-state index < -0.39 is 116 Å². The van der Waals surface area contributed by atoms with E-state index in [9.17, 15) is 61.0 Å². The number of aromatic hydroxyl groups is 4. The van der Waals surface area contributed by atoms with Crippen molar-refractivity contribution in [3.05, 3.63) is 53.6 Å². The van der Waals surface area contributed by atoms with E-state index in [2.05, 4.69) is 0 Å². The number of hydrogen-bond acceptors (Lipinski definition) is 19. The van der Waals surface area contributed by atoms with Crippen molar-refractivity contribution in [2.45, 2.75) is 112 Å². The van der Waals surface area contributed by atoms with Crippen molar-refractivity contribution in [1.29, 1.82) is 0 Å². The lowest BCUT2D eigenvalue weighted by molar-refractivity contribution is -0.389. The van der Waals surface area contributed by atoms with Gasteiger partial charge in [0.15, 0.2) is 48.0 Å². The molecule has 3 aliphatic heterocycles. The molecule has 0 amide bonds. The quantitative estimate of drug-likeness (QED) is 0.0622. The molecule has 54 heavy (non-hydrogen) atoms. The second kappa shape index (κ2) is 17.9. The standard InChI is InChI=1S/C35H46O19/c1-14-24(42)26(44)28(46)33(49-14)53-31-30(52-23(41)8-5-16-3-6-18(37)20(39)11-16)22(13-36)51-35(48-10-9-17-4-7-19(38)21(40)12-17)32(31)54-34-29(47)27(45)25(43)15(2)50-34/h3-8,11-12,14-15,22,24-40,42-47H,9-10,13H2,1-2H3/b8-5+. The normalized spacial score (nSPS) is 37.3. The molecular formula is C35H46O19. The number of aliphatic hydroxyl groups is 7. The van der Waals surface area contributed by atoms with Crippen LogP contribution in [0.4, 0.5) is 0 Å². The minimum atomic E-state index is -1.89. The molecule has 3 heterocycles. The first-order chi connectivity index (χ1) is 25.6. The maximum absolute atomic E-state index is 13.3. The number of benzene rings is 2. The van der Waals surface area contributed by atoms with E-state index in [0.717, 1.165) is 6.08 Å². The average molecular weight is 771 g/mol. The summed E-state index contributed by atoms with van der Waals surface area (Å²) < 4.78 is 41.3. The van der Waals surface area contributed by atoms with E-state index in [1.54, 1.807) is 0 Å². The third kappa shape index (κ3) is 9.40. The van der Waals surface area contributed by atoms with Crippen molar-refractivity contribution in [2.24, 2.45) is 0 Å². The van der Waals surface area contributed by atoms with Crippen LogP contribution in [0, 0.1) is 0 Å². The largest absolute Gasteiger partial charge is 0.504 e. The van der Waals surface area contributed by atoms with Crippen molar-refractivity contribution >= 4 is 12.0 Å². The summed E-state index contributed by atoms with van der Waals surface area (Å²) in [6.07, 6.45) is -21.7. The summed E-state index contributed by atoms with van der Waals surface area (Å²) in [5.41, 5.74) is 0.798. The van der Waals surface area contributed by atoms with Gasteiger partial charge in [-0.25, -0.2) is 4.79 Å². The fraction of sp³-hybridized carbons (Fsp3) is 0.571. The predicted octanol–water partition coefficient (Wildman–Crippen LogP) is -2.16. The van der Waals surface area contributed by atoms with E-state index >= 15 is 0 Å². The number of carbonyl (C=O) groups is 1. The molecule has 3 fully saturated rings. The Kier molecular flexibility index (Phi) is 13.7. The summed E-state index contributed by atoms with van der Waals surface area (Å²) in [4.78, 5) is 13.3. The number of aliphatic hydroxyl groups excluding tert-OH is 7. The van der Waals surface area contributed by atoms with Crippen LogP contribution in [0.15, 0.2) is 42.5 Å². The van der Waals surface area contributed by atoms with Crippen LogP contribution >= 0.6 is 0 Å². The van der Waals surface area contributed by atoms with Crippen LogP contribution in [-0.4, -0.2) is 167 Å². The zero-order chi connectivity index (χ0) is 39.4. The molecule has 0 aromatic heterocycles. The Labute approximate surface area is 308 Å². The highest BCUT2D eigenvalue weighted by molar-refractivity contribution is 5.87. The molecular weight excluding hydrogens is 724 g/mol. The van der Waals surface area contributed by atoms with Crippen molar-refractivity contribution < 1.29 is 94.1 Å². The van der Waals surface area contributed by atoms with Crippen LogP contribution in [0.1, 0.15) is 25.0 Å². The molecule has 0 radical (unpaired) electrons. The summed E-state index contributed by atoms with van der Waals surface area (Å²) in [6, 6.07) is 7.82. The van der Waals surface area contributed by atoms with Gasteiger partial charge < -0.3 is 89.3 Å². The second-order valence-electron chi connectivity index (χ2n) is 13.2. The van der Waals surface area contributed by atoms with Gasteiger partial charge in [0.1, 0.15) is 54.9 Å². The summed E-state index contributed by atoms with van der Waals surface area (Å²) in [6.45, 7) is 1.78. The molecule has 15 unspecified atom stereocenters. The molecule has 0 spiro atoms. The minimum absolute atomic E-state index is 0.113. The lowest BCUT2D eigenvalue weighted by atomic mass is 9.96. The molecule has 3 saturated heterocycles. The highest BCUT2D eigenvalue weighted by Crippen LogP contribution is 2.35. The minimum Gasteiger partial charge on any atom is -0.504 e. The zero-order valence-electron chi connectivity index (χ0n) is 29.1. The van der Waals surface area contributed by atoms with Crippen LogP contribution in [0.5, 0.6) is 23.0 Å². The van der Waals surface area contributed by atoms with Crippen molar-refractivity contribution in [2.75, 3.05) is 13.2 Å². The first-order valence-corrected chi connectivity index (χ1v) is 17.1. The number of ether oxygens (including phenoxy) is 7. The van der Waals surface area contributed by atoms with Gasteiger partial charge in [0.05, 0.1) is 25.4 Å². The van der Waals surface area contributed by atoms with E-state index in [1.165, 1.54) is 56.3 Å². The monoisotopic (exact) mass is 770 g/mol. The molecule has 15 atom stereocenters. The van der Waals surface area contributed by atoms with Crippen LogP contribution in [-0.2, 0) is 44.4 Å². The van der Waals surface area contributed by atoms with E-state index in [1.807, 2.05) is 0 Å². The summed E-state index contributed by atoms with van der Waals surface area (Å²) in [5.74, 6) is -2.64. The third-order valence-electron chi connectivity index (χ3n) is 9.35. The number of phenolic OH excluding ortho intramolecular Hbond substituents is 4. The molecule has 300 valence electrons. The molecule has 2 aromatic carbocycles. The molecule has 0 bridgehead atoms. The molecule has 2 aromatic rings. The fourth-order valence-corrected chi connectivity index (χ4v) is 6.16. The number of hydrogen-bond donors (Lipinski definition) is 11. The van der Waals surface area contributed by atoms with Gasteiger partial charge in [0.25, 0.3) is 0 Å². The Morgan fingerprint density at radius 1 is 0.667 bits per heavy atom. The smallest absolute Gasteiger partial charge is 0.331 e. The molecule has 3 aliphatic rings. The van der Waals surface area contributed by atoms with Crippen LogP contribution in [0.25, 0.3) is 6.08 Å². The first kappa shape index (κ1) is 41.5. The second-order valence-corrected chi connectivity index (χ2v) is 13.2. The van der Waals surface area contributed by atoms with E-state index in [-0.39, 0.29) is 30.1 Å². The van der Waals surface area contributed by atoms with Gasteiger partial charge in [-0.3, -0.25) is 0 Å². The van der Waals surface area contributed by atoms with Gasteiger partial charge in [-0.2, -0.15) is 0 Å². The van der Waals surface area contributed by atoms with Gasteiger partial charge in [-0.15, -0.1) is 0 Å². The summed E-state index contributed by atoms with van der Waals surface area (Å²) in [7, 11) is 0. The van der Waals surface area contributed by atoms with E-state index in [0.29, 0.717) is 5.56 Å². The third-order valence-corrected chi connectivity index (χ3v) is 9.35. The molecule has 19 nitrogen and oxygen atoms in total. The maximum Gasteiger partial charge on any atom is 0.331 e. The predicted molar refractivity (Wildman–Crippen MR) is 178 cm³/mol. The number of carbonyl (C=O) groups excluding carboxylic acids is 1. The molecule has 5 rings (SSSR count). The molecule has 19 heteroatoms. The topological polar surface area (TPSA) is 304 Å². The van der Waals surface area contributed by atoms with Gasteiger partial charge >= 0.3 is 5.97 Å². The average Bonchev–Trinajstić information content (AvgIpc) is 3.14. The zero-order valence-corrected chi connectivity index (χ0v) is 29.1. The van der Waals surface area contributed by atoms with E-state index in [4.69, 9.17) is 33.2 Å². The maximum atomic E-state index is 13.3. The Bertz CT molecular complexity index is 1590. The Hall–Kier alpha value is -3.67. The summed E-state index contributed by atoms with van der Waals surface area (Å²) >= 11 is 0. The van der Waals surface area contributed by atoms with Crippen LogP contribution in [0.2, 0.25) is 0 Å². The Balaban J connectivity index is 1.49. The molecule has 0 aliphatic carbocycles. The van der Waals surface area contributed by atoms with Gasteiger partial charge in [-0.1, -0.05) is 12.1 Å². The molecule has 0 saturated carbocycles. The first-order valence-electron chi connectivity index (χ1n) is 17.1. The van der Waals surface area contributed by atoms with Gasteiger partial charge in [0.2, 0.25) is 0 Å². The van der Waals surface area contributed by atoms with Crippen molar-refractivity contribution in [1.82, 2.24) is 0 Å². The Morgan fingerprint density at radius 3 is 1.78 bits per heavy atom. The van der Waals surface area contributed by atoms with Crippen LogP contribution < -0.4 is 0 Å². The highest BCUT2D eigenvalue weighted by atomic mass is 16.8. The Morgan fingerprint density at radius 2 is 1.22 bits per heavy atom. The van der Waals surface area contributed by atoms with Crippen LogP contribution in [0.3, 0.4) is 0 Å².